The van der Waals surface area contributed by atoms with Gasteiger partial charge in [-0.15, -0.1) is 0 Å². The standard InChI is InChI=1S/C16H12BrNO2/c17-12-4-5-13-14(8-16(19)20-15(13)7-12)11-3-1-2-10(6-11)9-18/h1-8H,9,18H2. The Kier molecular flexibility index (Phi) is 3.42. The fraction of sp³-hybridized carbons (Fsp3) is 0.0625. The van der Waals surface area contributed by atoms with Crippen LogP contribution in [0.15, 0.2) is 62.2 Å². The minimum absolute atomic E-state index is 0.358. The van der Waals surface area contributed by atoms with E-state index in [0.717, 1.165) is 26.5 Å². The molecule has 0 aliphatic heterocycles. The quantitative estimate of drug-likeness (QED) is 0.729. The van der Waals surface area contributed by atoms with Gasteiger partial charge < -0.3 is 10.2 Å². The number of hydrogen-bond donors (Lipinski definition) is 1. The van der Waals surface area contributed by atoms with Crippen molar-refractivity contribution < 1.29 is 4.42 Å². The molecular formula is C16H12BrNO2. The lowest BCUT2D eigenvalue weighted by molar-refractivity contribution is 0.561. The Labute approximate surface area is 124 Å². The lowest BCUT2D eigenvalue weighted by Crippen LogP contribution is -1.99. The molecule has 0 saturated heterocycles. The predicted octanol–water partition coefficient (Wildman–Crippen LogP) is 3.68. The van der Waals surface area contributed by atoms with E-state index in [1.54, 1.807) is 6.07 Å². The molecule has 0 spiro atoms. The smallest absolute Gasteiger partial charge is 0.336 e. The van der Waals surface area contributed by atoms with Crippen molar-refractivity contribution in [2.24, 2.45) is 5.73 Å². The molecule has 1 heterocycles. The van der Waals surface area contributed by atoms with Crippen LogP contribution in [0.1, 0.15) is 5.56 Å². The first-order valence-electron chi connectivity index (χ1n) is 6.20. The molecule has 0 amide bonds. The van der Waals surface area contributed by atoms with Gasteiger partial charge in [-0.05, 0) is 41.0 Å². The molecule has 1 aromatic heterocycles. The molecule has 0 fully saturated rings. The third kappa shape index (κ3) is 2.40. The Hall–Kier alpha value is -1.91. The van der Waals surface area contributed by atoms with E-state index < -0.39 is 0 Å². The van der Waals surface area contributed by atoms with E-state index in [9.17, 15) is 4.79 Å². The van der Waals surface area contributed by atoms with Crippen molar-refractivity contribution in [2.45, 2.75) is 6.54 Å². The van der Waals surface area contributed by atoms with Crippen molar-refractivity contribution in [3.05, 3.63) is 69.0 Å². The number of benzene rings is 2. The van der Waals surface area contributed by atoms with Crippen molar-refractivity contribution in [1.82, 2.24) is 0 Å². The summed E-state index contributed by atoms with van der Waals surface area (Å²) >= 11 is 3.38. The Morgan fingerprint density at radius 2 is 1.95 bits per heavy atom. The molecule has 2 aromatic carbocycles. The number of rotatable bonds is 2. The monoisotopic (exact) mass is 329 g/mol. The molecule has 0 atom stereocenters. The molecule has 0 unspecified atom stereocenters. The summed E-state index contributed by atoms with van der Waals surface area (Å²) in [6.07, 6.45) is 0. The SMILES string of the molecule is NCc1cccc(-c2cc(=O)oc3cc(Br)ccc23)c1. The van der Waals surface area contributed by atoms with Crippen LogP contribution in [-0.2, 0) is 6.54 Å². The fourth-order valence-electron chi connectivity index (χ4n) is 2.24. The van der Waals surface area contributed by atoms with E-state index in [0.29, 0.717) is 12.1 Å². The van der Waals surface area contributed by atoms with Gasteiger partial charge in [0.05, 0.1) is 0 Å². The van der Waals surface area contributed by atoms with Crippen molar-refractivity contribution in [2.75, 3.05) is 0 Å². The first-order valence-corrected chi connectivity index (χ1v) is 6.99. The summed E-state index contributed by atoms with van der Waals surface area (Å²) in [5.41, 5.74) is 8.74. The predicted molar refractivity (Wildman–Crippen MR) is 83.5 cm³/mol. The molecule has 100 valence electrons. The van der Waals surface area contributed by atoms with E-state index in [1.807, 2.05) is 36.4 Å². The summed E-state index contributed by atoms with van der Waals surface area (Å²) in [5, 5.41) is 0.905. The number of fused-ring (bicyclic) bond motifs is 1. The Morgan fingerprint density at radius 1 is 1.10 bits per heavy atom. The lowest BCUT2D eigenvalue weighted by Gasteiger charge is -2.07. The van der Waals surface area contributed by atoms with E-state index in [1.165, 1.54) is 6.07 Å². The van der Waals surface area contributed by atoms with Crippen molar-refractivity contribution in [3.8, 4) is 11.1 Å². The minimum Gasteiger partial charge on any atom is -0.423 e. The summed E-state index contributed by atoms with van der Waals surface area (Å²) in [6, 6.07) is 15.1. The van der Waals surface area contributed by atoms with Gasteiger partial charge in [0.15, 0.2) is 0 Å². The number of halogens is 1. The molecule has 0 aliphatic carbocycles. The van der Waals surface area contributed by atoms with Gasteiger partial charge in [0.25, 0.3) is 0 Å². The molecule has 3 rings (SSSR count). The zero-order chi connectivity index (χ0) is 14.1. The van der Waals surface area contributed by atoms with Gasteiger partial charge in [0, 0.05) is 22.5 Å². The molecule has 3 nitrogen and oxygen atoms in total. The Balaban J connectivity index is 2.32. The molecule has 20 heavy (non-hydrogen) atoms. The average Bonchev–Trinajstić information content (AvgIpc) is 2.46. The zero-order valence-corrected chi connectivity index (χ0v) is 12.2. The van der Waals surface area contributed by atoms with Crippen LogP contribution in [0.25, 0.3) is 22.1 Å². The van der Waals surface area contributed by atoms with Crippen molar-refractivity contribution in [1.29, 1.82) is 0 Å². The summed E-state index contributed by atoms with van der Waals surface area (Å²) < 4.78 is 6.13. The highest BCUT2D eigenvalue weighted by Crippen LogP contribution is 2.29. The van der Waals surface area contributed by atoms with Crippen LogP contribution in [0.4, 0.5) is 0 Å². The first kappa shape index (κ1) is 13.1. The molecular weight excluding hydrogens is 318 g/mol. The largest absolute Gasteiger partial charge is 0.423 e. The summed E-state index contributed by atoms with van der Waals surface area (Å²) in [4.78, 5) is 11.7. The van der Waals surface area contributed by atoms with Crippen molar-refractivity contribution in [3.63, 3.8) is 0 Å². The highest BCUT2D eigenvalue weighted by molar-refractivity contribution is 9.10. The Morgan fingerprint density at radius 3 is 2.75 bits per heavy atom. The van der Waals surface area contributed by atoms with E-state index in [-0.39, 0.29) is 5.63 Å². The van der Waals surface area contributed by atoms with Crippen LogP contribution in [0.5, 0.6) is 0 Å². The molecule has 0 saturated carbocycles. The summed E-state index contributed by atoms with van der Waals surface area (Å²) in [6.45, 7) is 0.471. The van der Waals surface area contributed by atoms with Gasteiger partial charge in [0.2, 0.25) is 0 Å². The van der Waals surface area contributed by atoms with Gasteiger partial charge in [-0.1, -0.05) is 34.1 Å². The third-order valence-corrected chi connectivity index (χ3v) is 3.67. The zero-order valence-electron chi connectivity index (χ0n) is 10.6. The number of nitrogens with two attached hydrogens (primary N) is 1. The first-order chi connectivity index (χ1) is 9.67. The fourth-order valence-corrected chi connectivity index (χ4v) is 2.58. The average molecular weight is 330 g/mol. The normalized spacial score (nSPS) is 10.9. The van der Waals surface area contributed by atoms with Crippen LogP contribution in [0.2, 0.25) is 0 Å². The van der Waals surface area contributed by atoms with Crippen LogP contribution in [0, 0.1) is 0 Å². The lowest BCUT2D eigenvalue weighted by atomic mass is 10.0. The maximum atomic E-state index is 11.7. The van der Waals surface area contributed by atoms with E-state index in [4.69, 9.17) is 10.2 Å². The van der Waals surface area contributed by atoms with Crippen LogP contribution in [0.3, 0.4) is 0 Å². The molecule has 0 aliphatic rings. The van der Waals surface area contributed by atoms with E-state index >= 15 is 0 Å². The topological polar surface area (TPSA) is 56.2 Å². The summed E-state index contributed by atoms with van der Waals surface area (Å²) in [7, 11) is 0. The number of hydrogen-bond acceptors (Lipinski definition) is 3. The molecule has 0 radical (unpaired) electrons. The van der Waals surface area contributed by atoms with Gasteiger partial charge >= 0.3 is 5.63 Å². The highest BCUT2D eigenvalue weighted by Gasteiger charge is 2.08. The van der Waals surface area contributed by atoms with Gasteiger partial charge in [0.1, 0.15) is 5.58 Å². The van der Waals surface area contributed by atoms with Crippen LogP contribution < -0.4 is 11.4 Å². The van der Waals surface area contributed by atoms with Crippen LogP contribution in [-0.4, -0.2) is 0 Å². The molecule has 4 heteroatoms. The second-order valence-corrected chi connectivity index (χ2v) is 5.44. The highest BCUT2D eigenvalue weighted by atomic mass is 79.9. The van der Waals surface area contributed by atoms with Gasteiger partial charge in [-0.25, -0.2) is 4.79 Å². The van der Waals surface area contributed by atoms with Crippen LogP contribution >= 0.6 is 15.9 Å². The van der Waals surface area contributed by atoms with Gasteiger partial charge in [-0.3, -0.25) is 0 Å². The minimum atomic E-state index is -0.358. The maximum absolute atomic E-state index is 11.7. The molecule has 3 aromatic rings. The van der Waals surface area contributed by atoms with Gasteiger partial charge in [-0.2, -0.15) is 0 Å². The Bertz CT molecular complexity index is 839. The second kappa shape index (κ2) is 5.23. The maximum Gasteiger partial charge on any atom is 0.336 e. The second-order valence-electron chi connectivity index (χ2n) is 4.52. The molecule has 2 N–H and O–H groups in total. The van der Waals surface area contributed by atoms with E-state index in [2.05, 4.69) is 15.9 Å². The summed E-state index contributed by atoms with van der Waals surface area (Å²) in [5.74, 6) is 0. The van der Waals surface area contributed by atoms with Crippen molar-refractivity contribution >= 4 is 26.9 Å². The molecule has 0 bridgehead atoms. The third-order valence-electron chi connectivity index (χ3n) is 3.18.